The largest absolute Gasteiger partial charge is 0.463 e. The van der Waals surface area contributed by atoms with Crippen LogP contribution in [0.2, 0.25) is 0 Å². The number of amides is 1. The van der Waals surface area contributed by atoms with Gasteiger partial charge in [0, 0.05) is 18.3 Å². The van der Waals surface area contributed by atoms with Crippen molar-refractivity contribution in [3.8, 4) is 11.5 Å². The number of carbonyl (C=O) groups excluding carboxylic acids is 1. The number of aliphatic imine (C=N–C) groups is 1. The van der Waals surface area contributed by atoms with Gasteiger partial charge in [0.25, 0.3) is 5.91 Å². The van der Waals surface area contributed by atoms with E-state index in [0.717, 1.165) is 0 Å². The molecule has 1 atom stereocenters. The van der Waals surface area contributed by atoms with Gasteiger partial charge in [-0.2, -0.15) is 15.0 Å². The molecule has 0 fully saturated rings. The number of rotatable bonds is 7. The second kappa shape index (κ2) is 9.45. The van der Waals surface area contributed by atoms with Crippen LogP contribution in [0.25, 0.3) is 17.2 Å². The fraction of sp³-hybridized carbons (Fsp3) is 0.154. The van der Waals surface area contributed by atoms with Crippen LogP contribution in [-0.4, -0.2) is 42.1 Å². The topological polar surface area (TPSA) is 132 Å². The molecular weight excluding hydrogens is 477 g/mol. The third-order valence-electron chi connectivity index (χ3n) is 6.09. The van der Waals surface area contributed by atoms with Gasteiger partial charge < -0.3 is 14.2 Å². The van der Waals surface area contributed by atoms with Gasteiger partial charge in [-0.1, -0.05) is 18.2 Å². The number of nitrogens with zero attached hydrogens (tertiary/aromatic N) is 4. The Hall–Kier alpha value is -4.61. The highest BCUT2D eigenvalue weighted by atomic mass is 19.1. The van der Waals surface area contributed by atoms with Gasteiger partial charge in [0.15, 0.2) is 5.76 Å². The maximum Gasteiger partial charge on any atom is 0.339 e. The second-order valence-electron chi connectivity index (χ2n) is 8.83. The lowest BCUT2D eigenvalue weighted by atomic mass is 10.2. The summed E-state index contributed by atoms with van der Waals surface area (Å²) in [5.74, 6) is -1.15. The van der Waals surface area contributed by atoms with Crippen molar-refractivity contribution in [3.05, 3.63) is 96.0 Å². The first-order valence-corrected chi connectivity index (χ1v) is 11.4. The normalized spacial score (nSPS) is 17.2. The Morgan fingerprint density at radius 1 is 1.08 bits per heavy atom. The van der Waals surface area contributed by atoms with Gasteiger partial charge in [-0.15, -0.1) is 0 Å². The summed E-state index contributed by atoms with van der Waals surface area (Å²) in [7, 11) is 3.52. The minimum absolute atomic E-state index is 0.0108. The Kier molecular flexibility index (Phi) is 6.15. The summed E-state index contributed by atoms with van der Waals surface area (Å²) < 4.78 is 24.9. The van der Waals surface area contributed by atoms with Crippen molar-refractivity contribution in [1.29, 1.82) is 0 Å². The summed E-state index contributed by atoms with van der Waals surface area (Å²) in [6.07, 6.45) is 6.38. The predicted octanol–water partition coefficient (Wildman–Crippen LogP) is 3.25. The summed E-state index contributed by atoms with van der Waals surface area (Å²) in [6, 6.07) is 14.7. The monoisotopic (exact) mass is 502 g/mol. The molecule has 10 nitrogen and oxygen atoms in total. The predicted molar refractivity (Wildman–Crippen MR) is 136 cm³/mol. The van der Waals surface area contributed by atoms with Crippen LogP contribution in [0.1, 0.15) is 21.8 Å². The number of nitrogens with two attached hydrogens (primary N) is 1. The van der Waals surface area contributed by atoms with E-state index in [-0.39, 0.29) is 22.7 Å². The second-order valence-corrected chi connectivity index (χ2v) is 8.83. The molecular formula is C26H25FN7O3+. The van der Waals surface area contributed by atoms with Crippen LogP contribution in [-0.2, 0) is 6.54 Å². The molecule has 37 heavy (non-hydrogen) atoms. The smallest absolute Gasteiger partial charge is 0.339 e. The number of hydrogen-bond donors (Lipinski definition) is 3. The van der Waals surface area contributed by atoms with E-state index in [1.165, 1.54) is 18.4 Å². The van der Waals surface area contributed by atoms with Crippen molar-refractivity contribution >= 4 is 23.8 Å². The summed E-state index contributed by atoms with van der Waals surface area (Å²) >= 11 is 0. The van der Waals surface area contributed by atoms with Crippen LogP contribution in [0.4, 0.5) is 10.3 Å². The Morgan fingerprint density at radius 3 is 2.51 bits per heavy atom. The molecule has 0 saturated heterocycles. The number of quaternary nitrogens is 1. The maximum absolute atomic E-state index is 14.1. The van der Waals surface area contributed by atoms with Gasteiger partial charge in [0.1, 0.15) is 23.0 Å². The van der Waals surface area contributed by atoms with Crippen molar-refractivity contribution in [2.75, 3.05) is 14.1 Å². The zero-order valence-electron chi connectivity index (χ0n) is 20.2. The molecule has 0 radical (unpaired) electrons. The number of hydrogen-bond acceptors (Lipinski definition) is 8. The molecule has 4 aromatic rings. The molecule has 0 saturated carbocycles. The Balaban J connectivity index is 1.49. The SMILES string of the molecule is C[N+](C)(c1nc(C(=O)NCc2ccccc2F)cc(-c2ccco2)n1)C1(N)N=CC=C(c2ccco2)N1. The molecule has 11 heteroatoms. The van der Waals surface area contributed by atoms with Crippen LogP contribution in [0.3, 0.4) is 0 Å². The van der Waals surface area contributed by atoms with E-state index in [1.807, 2.05) is 0 Å². The van der Waals surface area contributed by atoms with Crippen molar-refractivity contribution in [3.63, 3.8) is 0 Å². The standard InChI is InChI=1S/C26H24FN7O3/c1-34(2,26(28)30-12-11-19(33-26)22-9-5-13-36-22)25-31-20(23-10-6-14-37-23)15-21(32-25)24(35)29-16-17-7-3-4-8-18(17)27/h3-15H,16,28H2,1-2H3,(H-,29,30,33,35)/p+1. The highest BCUT2D eigenvalue weighted by molar-refractivity contribution is 5.93. The zero-order chi connectivity index (χ0) is 26.0. The van der Waals surface area contributed by atoms with E-state index in [2.05, 4.69) is 25.6 Å². The molecule has 3 aromatic heterocycles. The first-order chi connectivity index (χ1) is 17.8. The number of aromatic nitrogens is 2. The van der Waals surface area contributed by atoms with E-state index in [1.54, 1.807) is 75.1 Å². The average Bonchev–Trinajstić information content (AvgIpc) is 3.63. The Morgan fingerprint density at radius 2 is 1.81 bits per heavy atom. The van der Waals surface area contributed by atoms with Crippen LogP contribution < -0.4 is 20.9 Å². The number of furan rings is 2. The number of allylic oxidation sites excluding steroid dienone is 1. The summed E-state index contributed by atoms with van der Waals surface area (Å²) in [6.45, 7) is -0.0108. The van der Waals surface area contributed by atoms with Gasteiger partial charge in [-0.25, -0.2) is 14.6 Å². The van der Waals surface area contributed by atoms with Crippen molar-refractivity contribution in [2.45, 2.75) is 12.5 Å². The van der Waals surface area contributed by atoms with Crippen molar-refractivity contribution < 1.29 is 18.0 Å². The van der Waals surface area contributed by atoms with Gasteiger partial charge in [0.2, 0.25) is 0 Å². The molecule has 0 bridgehead atoms. The average molecular weight is 503 g/mol. The number of benzene rings is 1. The first-order valence-electron chi connectivity index (χ1n) is 11.4. The Labute approximate surface area is 211 Å². The van der Waals surface area contributed by atoms with E-state index in [9.17, 15) is 9.18 Å². The molecule has 5 rings (SSSR count). The Bertz CT molecular complexity index is 1480. The summed E-state index contributed by atoms with van der Waals surface area (Å²) in [5, 5.41) is 5.92. The van der Waals surface area contributed by atoms with Crippen molar-refractivity contribution in [1.82, 2.24) is 25.1 Å². The number of carbonyl (C=O) groups is 1. The highest BCUT2D eigenvalue weighted by Crippen LogP contribution is 2.29. The third-order valence-corrected chi connectivity index (χ3v) is 6.09. The fourth-order valence-electron chi connectivity index (χ4n) is 3.77. The van der Waals surface area contributed by atoms with Crippen LogP contribution >= 0.6 is 0 Å². The van der Waals surface area contributed by atoms with Crippen LogP contribution in [0.15, 0.2) is 87.0 Å². The lowest BCUT2D eigenvalue weighted by Crippen LogP contribution is -2.73. The first kappa shape index (κ1) is 24.1. The molecule has 4 heterocycles. The number of halogens is 1. The third kappa shape index (κ3) is 4.65. The molecule has 0 aliphatic carbocycles. The van der Waals surface area contributed by atoms with Crippen LogP contribution in [0, 0.1) is 5.82 Å². The summed E-state index contributed by atoms with van der Waals surface area (Å²) in [5.41, 5.74) is 8.16. The molecule has 0 spiro atoms. The molecule has 1 amide bonds. The van der Waals surface area contributed by atoms with Gasteiger partial charge in [-0.05, 0) is 42.5 Å². The molecule has 1 aromatic carbocycles. The van der Waals surface area contributed by atoms with E-state index >= 15 is 0 Å². The quantitative estimate of drug-likeness (QED) is 0.261. The fourth-order valence-corrected chi connectivity index (χ4v) is 3.77. The highest BCUT2D eigenvalue weighted by Gasteiger charge is 2.48. The van der Waals surface area contributed by atoms with Gasteiger partial charge >= 0.3 is 11.9 Å². The molecule has 1 aliphatic heterocycles. The molecule has 1 aliphatic rings. The minimum atomic E-state index is -1.44. The molecule has 188 valence electrons. The van der Waals surface area contributed by atoms with Gasteiger partial charge in [0.05, 0.1) is 32.3 Å². The summed E-state index contributed by atoms with van der Waals surface area (Å²) in [4.78, 5) is 26.8. The maximum atomic E-state index is 14.1. The lowest BCUT2D eigenvalue weighted by Gasteiger charge is -2.42. The molecule has 4 N–H and O–H groups in total. The van der Waals surface area contributed by atoms with E-state index < -0.39 is 17.6 Å². The zero-order valence-corrected chi connectivity index (χ0v) is 20.2. The van der Waals surface area contributed by atoms with Gasteiger partial charge in [-0.3, -0.25) is 10.1 Å². The lowest BCUT2D eigenvalue weighted by molar-refractivity contribution is 0.0942. The van der Waals surface area contributed by atoms with Crippen LogP contribution in [0.5, 0.6) is 0 Å². The molecule has 1 unspecified atom stereocenters. The van der Waals surface area contributed by atoms with E-state index in [0.29, 0.717) is 28.5 Å². The van der Waals surface area contributed by atoms with Crippen molar-refractivity contribution in [2.24, 2.45) is 10.7 Å². The minimum Gasteiger partial charge on any atom is -0.463 e. The van der Waals surface area contributed by atoms with E-state index in [4.69, 9.17) is 14.6 Å². The number of nitrogens with one attached hydrogen (secondary N) is 2.